The summed E-state index contributed by atoms with van der Waals surface area (Å²) < 4.78 is 12.8. The second kappa shape index (κ2) is 16.8. The van der Waals surface area contributed by atoms with Crippen LogP contribution in [0.5, 0.6) is 0 Å². The van der Waals surface area contributed by atoms with Gasteiger partial charge in [0.2, 0.25) is 0 Å². The maximum Gasteiger partial charge on any atom is 0.164 e. The number of fused-ring (bicyclic) bond motifs is 17. The normalized spacial score (nSPS) is 12.2. The molecular weight excluding hydrogens is 1010 g/mol. The van der Waals surface area contributed by atoms with Gasteiger partial charge in [-0.05, 0) is 71.8 Å². The highest BCUT2D eigenvalue weighted by atomic mass is 32.1. The molecule has 6 heterocycles. The molecule has 0 fully saturated rings. The van der Waals surface area contributed by atoms with Gasteiger partial charge in [0, 0.05) is 119 Å². The molecule has 4 nitrogen and oxygen atoms in total. The van der Waals surface area contributed by atoms with E-state index in [4.69, 9.17) is 15.0 Å². The molecule has 0 saturated carbocycles. The summed E-state index contributed by atoms with van der Waals surface area (Å²) in [5, 5.41) is 12.8. The second-order valence-electron chi connectivity index (χ2n) is 19.8. The highest BCUT2D eigenvalue weighted by Gasteiger charge is 2.26. The first-order valence-electron chi connectivity index (χ1n) is 25.7. The van der Waals surface area contributed by atoms with Gasteiger partial charge in [-0.2, -0.15) is 0 Å². The van der Waals surface area contributed by atoms with Crippen molar-refractivity contribution in [1.82, 2.24) is 19.5 Å². The van der Waals surface area contributed by atoms with Crippen molar-refractivity contribution in [1.29, 1.82) is 0 Å². The first-order valence-corrected chi connectivity index (χ1v) is 29.0. The summed E-state index contributed by atoms with van der Waals surface area (Å²) in [4.78, 5) is 16.3. The molecule has 358 valence electrons. The first kappa shape index (κ1) is 43.4. The molecule has 8 heteroatoms. The molecule has 11 aromatic carbocycles. The molecule has 0 spiro atoms. The Kier molecular flexibility index (Phi) is 9.46. The third-order valence-corrected chi connectivity index (χ3v) is 20.1. The van der Waals surface area contributed by atoms with Gasteiger partial charge in [0.15, 0.2) is 17.5 Å². The van der Waals surface area contributed by atoms with Gasteiger partial charge in [0.25, 0.3) is 0 Å². The standard InChI is InChI=1S/C69H38N4S4/c1-3-15-39(16-4-1)52-35-43(69-71-67(41-27-29-46-44-19-8-12-24-56(44)75-60(46)37-41)70-68(72-69)42-28-30-47-45-20-9-13-25-57(45)76-61(47)38-42)36-53(40-17-5-2-6-18-40)64(52)73-54-23-11-7-21-50(54)62-55(73)33-31-48-49-32-34-59-63(66(49)77-65(48)62)51-22-10-14-26-58(51)74-59/h1-38H. The van der Waals surface area contributed by atoms with Crippen LogP contribution in [0, 0.1) is 0 Å². The Bertz CT molecular complexity index is 5100. The minimum Gasteiger partial charge on any atom is -0.308 e. The molecule has 0 aliphatic heterocycles. The van der Waals surface area contributed by atoms with E-state index in [-0.39, 0.29) is 0 Å². The predicted octanol–water partition coefficient (Wildman–Crippen LogP) is 20.8. The molecule has 0 saturated heterocycles. The van der Waals surface area contributed by atoms with Crippen LogP contribution < -0.4 is 0 Å². The molecule has 0 amide bonds. The van der Waals surface area contributed by atoms with Crippen LogP contribution in [0.2, 0.25) is 0 Å². The topological polar surface area (TPSA) is 43.6 Å². The average Bonchev–Trinajstić information content (AvgIpc) is 4.45. The summed E-state index contributed by atoms with van der Waals surface area (Å²) in [6.45, 7) is 0. The van der Waals surface area contributed by atoms with Gasteiger partial charge in [0.05, 0.1) is 16.7 Å². The SMILES string of the molecule is c1ccc(-c2cc(-c3nc(-c4ccc5c(c4)sc4ccccc45)nc(-c4ccc5c(c4)sc4ccccc45)n3)cc(-c3ccccc3)c2-n2c3ccccc3c3c4sc5c(ccc6sc7ccccc7c65)c4ccc32)cc1. The number of aromatic nitrogens is 4. The van der Waals surface area contributed by atoms with E-state index >= 15 is 0 Å². The van der Waals surface area contributed by atoms with Crippen molar-refractivity contribution in [2.24, 2.45) is 0 Å². The molecule has 77 heavy (non-hydrogen) atoms. The Morgan fingerprint density at radius 3 is 1.30 bits per heavy atom. The highest BCUT2D eigenvalue weighted by molar-refractivity contribution is 7.30. The quantitative estimate of drug-likeness (QED) is 0.167. The van der Waals surface area contributed by atoms with Gasteiger partial charge in [0.1, 0.15) is 0 Å². The van der Waals surface area contributed by atoms with Crippen LogP contribution in [0.4, 0.5) is 0 Å². The minimum absolute atomic E-state index is 0.611. The molecule has 17 aromatic rings. The number of hydrogen-bond acceptors (Lipinski definition) is 7. The Hall–Kier alpha value is -8.89. The van der Waals surface area contributed by atoms with Crippen LogP contribution in [-0.4, -0.2) is 19.5 Å². The summed E-state index contributed by atoms with van der Waals surface area (Å²) in [6, 6.07) is 84.2. The number of benzene rings is 11. The molecule has 0 bridgehead atoms. The van der Waals surface area contributed by atoms with Gasteiger partial charge < -0.3 is 4.57 Å². The van der Waals surface area contributed by atoms with E-state index in [1.807, 2.05) is 22.7 Å². The first-order chi connectivity index (χ1) is 38.1. The monoisotopic (exact) mass is 1050 g/mol. The average molecular weight is 1050 g/mol. The Labute approximate surface area is 456 Å². The van der Waals surface area contributed by atoms with Crippen molar-refractivity contribution in [3.63, 3.8) is 0 Å². The predicted molar refractivity (Wildman–Crippen MR) is 333 cm³/mol. The van der Waals surface area contributed by atoms with Crippen molar-refractivity contribution in [2.45, 2.75) is 0 Å². The third kappa shape index (κ3) is 6.63. The lowest BCUT2D eigenvalue weighted by molar-refractivity contribution is 1.07. The number of nitrogens with zero attached hydrogens (tertiary/aromatic N) is 4. The maximum atomic E-state index is 5.49. The summed E-state index contributed by atoms with van der Waals surface area (Å²) >= 11 is 7.44. The van der Waals surface area contributed by atoms with E-state index in [9.17, 15) is 0 Å². The number of rotatable bonds is 6. The fraction of sp³-hybridized carbons (Fsp3) is 0. The summed E-state index contributed by atoms with van der Waals surface area (Å²) in [7, 11) is 0. The zero-order valence-corrected chi connectivity index (χ0v) is 44.1. The summed E-state index contributed by atoms with van der Waals surface area (Å²) in [5.74, 6) is 1.88. The van der Waals surface area contributed by atoms with Crippen molar-refractivity contribution in [2.75, 3.05) is 0 Å². The van der Waals surface area contributed by atoms with E-state index < -0.39 is 0 Å². The van der Waals surface area contributed by atoms with Crippen LogP contribution in [-0.2, 0) is 0 Å². The Morgan fingerprint density at radius 1 is 0.260 bits per heavy atom. The van der Waals surface area contributed by atoms with Crippen LogP contribution in [0.15, 0.2) is 231 Å². The molecule has 0 unspecified atom stereocenters. The van der Waals surface area contributed by atoms with E-state index in [0.717, 1.165) is 55.7 Å². The molecule has 6 aromatic heterocycles. The maximum absolute atomic E-state index is 5.49. The fourth-order valence-corrected chi connectivity index (χ4v) is 16.9. The van der Waals surface area contributed by atoms with E-state index in [0.29, 0.717) is 17.5 Å². The number of para-hydroxylation sites is 1. The lowest BCUT2D eigenvalue weighted by Crippen LogP contribution is -2.04. The molecular formula is C69H38N4S4. The van der Waals surface area contributed by atoms with E-state index in [1.165, 1.54) is 91.5 Å². The molecule has 0 aliphatic carbocycles. The third-order valence-electron chi connectivity index (χ3n) is 15.5. The summed E-state index contributed by atoms with van der Waals surface area (Å²) in [6.07, 6.45) is 0. The van der Waals surface area contributed by atoms with Crippen molar-refractivity contribution in [3.05, 3.63) is 231 Å². The van der Waals surface area contributed by atoms with E-state index in [1.54, 1.807) is 22.7 Å². The van der Waals surface area contributed by atoms with Crippen molar-refractivity contribution >= 4 is 148 Å². The smallest absolute Gasteiger partial charge is 0.164 e. The van der Waals surface area contributed by atoms with Crippen LogP contribution in [0.1, 0.15) is 0 Å². The Morgan fingerprint density at radius 2 is 0.701 bits per heavy atom. The van der Waals surface area contributed by atoms with Crippen molar-refractivity contribution in [3.8, 4) is 62.1 Å². The van der Waals surface area contributed by atoms with E-state index in [2.05, 4.69) is 235 Å². The molecule has 0 aliphatic rings. The van der Waals surface area contributed by atoms with Gasteiger partial charge >= 0.3 is 0 Å². The molecule has 0 N–H and O–H groups in total. The number of hydrogen-bond donors (Lipinski definition) is 0. The Balaban J connectivity index is 0.943. The second-order valence-corrected chi connectivity index (χ2v) is 24.1. The van der Waals surface area contributed by atoms with Gasteiger partial charge in [-0.25, -0.2) is 15.0 Å². The fourth-order valence-electron chi connectivity index (χ4n) is 12.0. The summed E-state index contributed by atoms with van der Waals surface area (Å²) in [5.41, 5.74) is 10.6. The highest BCUT2D eigenvalue weighted by Crippen LogP contribution is 2.50. The zero-order valence-electron chi connectivity index (χ0n) is 40.9. The van der Waals surface area contributed by atoms with Gasteiger partial charge in [-0.3, -0.25) is 0 Å². The lowest BCUT2D eigenvalue weighted by atomic mass is 9.92. The largest absolute Gasteiger partial charge is 0.308 e. The van der Waals surface area contributed by atoms with Gasteiger partial charge in [-0.15, -0.1) is 45.3 Å². The molecule has 0 radical (unpaired) electrons. The lowest BCUT2D eigenvalue weighted by Gasteiger charge is -2.21. The van der Waals surface area contributed by atoms with Crippen LogP contribution in [0.25, 0.3) is 165 Å². The van der Waals surface area contributed by atoms with Crippen LogP contribution in [0.3, 0.4) is 0 Å². The zero-order chi connectivity index (χ0) is 50.3. The molecule has 17 rings (SSSR count). The van der Waals surface area contributed by atoms with Gasteiger partial charge in [-0.1, -0.05) is 170 Å². The number of thiophene rings is 4. The minimum atomic E-state index is 0.611. The van der Waals surface area contributed by atoms with Crippen LogP contribution >= 0.6 is 45.3 Å². The molecule has 0 atom stereocenters. The van der Waals surface area contributed by atoms with Crippen molar-refractivity contribution < 1.29 is 0 Å².